The number of hydrogen-bond donors (Lipinski definition) is 0. The van der Waals surface area contributed by atoms with Crippen LogP contribution in [0, 0.1) is 0 Å². The van der Waals surface area contributed by atoms with Crippen molar-refractivity contribution in [1.82, 2.24) is 0 Å². The molecule has 0 aliphatic heterocycles. The van der Waals surface area contributed by atoms with Crippen LogP contribution in [0.5, 0.6) is 0 Å². The molecule has 0 saturated carbocycles. The van der Waals surface area contributed by atoms with Gasteiger partial charge in [0.1, 0.15) is 0 Å². The first-order valence-corrected chi connectivity index (χ1v) is 15.9. The van der Waals surface area contributed by atoms with Crippen LogP contribution in [0.25, 0.3) is 88.7 Å². The highest BCUT2D eigenvalue weighted by Crippen LogP contribution is 2.57. The van der Waals surface area contributed by atoms with Crippen LogP contribution >= 0.6 is 0 Å². The second-order valence-corrected chi connectivity index (χ2v) is 12.1. The molecule has 0 heterocycles. The van der Waals surface area contributed by atoms with Crippen LogP contribution in [0.2, 0.25) is 0 Å². The van der Waals surface area contributed by atoms with Crippen molar-refractivity contribution in [3.05, 3.63) is 182 Å². The van der Waals surface area contributed by atoms with E-state index < -0.39 is 0 Å². The Morgan fingerprint density at radius 2 is 0.652 bits per heavy atom. The molecule has 0 unspecified atom stereocenters. The Kier molecular flexibility index (Phi) is 6.25. The SMILES string of the molecule is c1ccc(-c2cccc(-c3cccc(-c4cc(-c5ccccc5)c5c(c4-c4ccccc4)-c4cccc6cccc-5c46)c3)c2)cc1. The van der Waals surface area contributed by atoms with E-state index in [9.17, 15) is 0 Å². The van der Waals surface area contributed by atoms with Crippen LogP contribution in [0.15, 0.2) is 182 Å². The van der Waals surface area contributed by atoms with Gasteiger partial charge in [0.05, 0.1) is 0 Å². The van der Waals surface area contributed by atoms with Gasteiger partial charge in [-0.15, -0.1) is 0 Å². The summed E-state index contributed by atoms with van der Waals surface area (Å²) in [5, 5.41) is 2.63. The molecule has 0 bridgehead atoms. The molecule has 0 fully saturated rings. The van der Waals surface area contributed by atoms with Gasteiger partial charge >= 0.3 is 0 Å². The van der Waals surface area contributed by atoms with Crippen molar-refractivity contribution in [1.29, 1.82) is 0 Å². The zero-order chi connectivity index (χ0) is 30.5. The molecule has 0 spiro atoms. The van der Waals surface area contributed by atoms with Crippen molar-refractivity contribution in [2.75, 3.05) is 0 Å². The number of rotatable bonds is 5. The number of benzene rings is 8. The van der Waals surface area contributed by atoms with Gasteiger partial charge < -0.3 is 0 Å². The second-order valence-electron chi connectivity index (χ2n) is 12.1. The topological polar surface area (TPSA) is 0 Å². The van der Waals surface area contributed by atoms with E-state index in [4.69, 9.17) is 0 Å². The molecule has 0 amide bonds. The van der Waals surface area contributed by atoms with Crippen LogP contribution in [0.1, 0.15) is 0 Å². The minimum atomic E-state index is 1.21. The minimum Gasteiger partial charge on any atom is -0.0622 e. The highest BCUT2D eigenvalue weighted by atomic mass is 14.3. The van der Waals surface area contributed by atoms with Crippen molar-refractivity contribution >= 4 is 10.8 Å². The smallest absolute Gasteiger partial charge is 0.000764 e. The Morgan fingerprint density at radius 3 is 1.28 bits per heavy atom. The Balaban J connectivity index is 1.33. The lowest BCUT2D eigenvalue weighted by molar-refractivity contribution is 1.55. The van der Waals surface area contributed by atoms with Crippen LogP contribution in [0.4, 0.5) is 0 Å². The minimum absolute atomic E-state index is 1.21. The maximum atomic E-state index is 2.45. The molecule has 8 aromatic rings. The Bertz CT molecular complexity index is 2380. The lowest BCUT2D eigenvalue weighted by Gasteiger charge is -2.21. The Hall–Kier alpha value is -5.98. The van der Waals surface area contributed by atoms with Crippen LogP contribution < -0.4 is 0 Å². The molecule has 0 radical (unpaired) electrons. The number of fused-ring (bicyclic) bond motifs is 3. The predicted octanol–water partition coefficient (Wildman–Crippen LogP) is 12.8. The average Bonchev–Trinajstić information content (AvgIpc) is 3.48. The van der Waals surface area contributed by atoms with Crippen molar-refractivity contribution < 1.29 is 0 Å². The van der Waals surface area contributed by atoms with E-state index in [1.807, 2.05) is 0 Å². The molecule has 8 aromatic carbocycles. The first kappa shape index (κ1) is 26.4. The summed E-state index contributed by atoms with van der Waals surface area (Å²) in [5.41, 5.74) is 17.6. The Labute approximate surface area is 269 Å². The normalized spacial score (nSPS) is 11.5. The van der Waals surface area contributed by atoms with E-state index in [2.05, 4.69) is 182 Å². The van der Waals surface area contributed by atoms with E-state index in [1.54, 1.807) is 0 Å². The van der Waals surface area contributed by atoms with Gasteiger partial charge in [0.15, 0.2) is 0 Å². The van der Waals surface area contributed by atoms with Gasteiger partial charge in [0.25, 0.3) is 0 Å². The first-order chi connectivity index (χ1) is 22.8. The van der Waals surface area contributed by atoms with Crippen LogP contribution in [-0.4, -0.2) is 0 Å². The summed E-state index contributed by atoms with van der Waals surface area (Å²) in [4.78, 5) is 0. The lowest BCUT2D eigenvalue weighted by Crippen LogP contribution is -1.94. The highest BCUT2D eigenvalue weighted by Gasteiger charge is 2.30. The van der Waals surface area contributed by atoms with Crippen molar-refractivity contribution in [3.63, 3.8) is 0 Å². The maximum absolute atomic E-state index is 2.45. The van der Waals surface area contributed by atoms with E-state index in [0.29, 0.717) is 0 Å². The van der Waals surface area contributed by atoms with Gasteiger partial charge in [-0.3, -0.25) is 0 Å². The fraction of sp³-hybridized carbons (Fsp3) is 0. The molecular weight excluding hydrogens is 553 g/mol. The molecule has 46 heavy (non-hydrogen) atoms. The molecule has 0 saturated heterocycles. The number of hydrogen-bond acceptors (Lipinski definition) is 0. The molecule has 214 valence electrons. The third-order valence-corrected chi connectivity index (χ3v) is 9.39. The molecule has 1 aliphatic carbocycles. The fourth-order valence-corrected chi connectivity index (χ4v) is 7.34. The quantitative estimate of drug-likeness (QED) is 0.189. The van der Waals surface area contributed by atoms with Crippen molar-refractivity contribution in [2.24, 2.45) is 0 Å². The monoisotopic (exact) mass is 582 g/mol. The average molecular weight is 583 g/mol. The summed E-state index contributed by atoms with van der Waals surface area (Å²) in [6.07, 6.45) is 0. The van der Waals surface area contributed by atoms with Gasteiger partial charge in [0, 0.05) is 0 Å². The summed E-state index contributed by atoms with van der Waals surface area (Å²) in [5.74, 6) is 0. The van der Waals surface area contributed by atoms with Gasteiger partial charge in [-0.05, 0) is 107 Å². The van der Waals surface area contributed by atoms with Crippen LogP contribution in [0.3, 0.4) is 0 Å². The lowest BCUT2D eigenvalue weighted by atomic mass is 9.82. The fourth-order valence-electron chi connectivity index (χ4n) is 7.34. The van der Waals surface area contributed by atoms with Gasteiger partial charge in [-0.1, -0.05) is 164 Å². The molecule has 0 nitrogen and oxygen atoms in total. The van der Waals surface area contributed by atoms with Gasteiger partial charge in [-0.2, -0.15) is 0 Å². The van der Waals surface area contributed by atoms with E-state index in [0.717, 1.165) is 0 Å². The zero-order valence-corrected chi connectivity index (χ0v) is 25.3. The molecule has 0 heteroatoms. The molecule has 0 atom stereocenters. The standard InChI is InChI=1S/C46H30/c1-4-14-31(15-5-1)35-22-10-23-36(28-35)37-24-11-25-38(29-37)42-30-41(32-16-6-2-7-17-32)45-39-26-12-20-33-21-13-27-40(43(33)39)46(45)44(42)34-18-8-3-9-19-34/h1-30H. The van der Waals surface area contributed by atoms with Crippen LogP contribution in [-0.2, 0) is 0 Å². The van der Waals surface area contributed by atoms with Crippen molar-refractivity contribution in [3.8, 4) is 77.9 Å². The highest BCUT2D eigenvalue weighted by molar-refractivity contribution is 6.22. The molecule has 0 aromatic heterocycles. The molecular formula is C46H30. The van der Waals surface area contributed by atoms with E-state index >= 15 is 0 Å². The third-order valence-electron chi connectivity index (χ3n) is 9.39. The van der Waals surface area contributed by atoms with Gasteiger partial charge in [-0.25, -0.2) is 0 Å². The molecule has 0 N–H and O–H groups in total. The summed E-state index contributed by atoms with van der Waals surface area (Å²) in [6.45, 7) is 0. The maximum Gasteiger partial charge on any atom is -0.000764 e. The summed E-state index contributed by atoms with van der Waals surface area (Å²) in [6, 6.07) is 66.4. The third kappa shape index (κ3) is 4.30. The molecule has 1 aliphatic rings. The molecule has 9 rings (SSSR count). The summed E-state index contributed by atoms with van der Waals surface area (Å²) >= 11 is 0. The predicted molar refractivity (Wildman–Crippen MR) is 196 cm³/mol. The zero-order valence-electron chi connectivity index (χ0n) is 25.3. The largest absolute Gasteiger partial charge is 0.0622 e. The second kappa shape index (κ2) is 10.9. The summed E-state index contributed by atoms with van der Waals surface area (Å²) < 4.78 is 0. The van der Waals surface area contributed by atoms with E-state index in [-0.39, 0.29) is 0 Å². The summed E-state index contributed by atoms with van der Waals surface area (Å²) in [7, 11) is 0. The Morgan fingerprint density at radius 1 is 0.217 bits per heavy atom. The van der Waals surface area contributed by atoms with Crippen molar-refractivity contribution in [2.45, 2.75) is 0 Å². The first-order valence-electron chi connectivity index (χ1n) is 15.9. The van der Waals surface area contributed by atoms with E-state index in [1.165, 1.54) is 88.7 Å². The van der Waals surface area contributed by atoms with Gasteiger partial charge in [0.2, 0.25) is 0 Å².